The standard InChI is InChI=1S/C66H123NO18/c1-3-5-7-9-11-13-15-17-19-21-22-23-24-25-26-27-28-30-32-34-36-38-40-42-44-54(72)67-49(50(71)43-41-39-37-35-33-31-29-20-18-16-14-12-10-8-6-4-2)48-80-64-60(78)57(75)62(52(46-69)82-64)85-66-61(79)58(76)63(53(47-70)83-66)84-65-59(77)56(74)55(73)51(45-68)81-65/h33,35,41,43,49-53,55-66,68-71,73-79H,3-32,34,36-40,42,44-48H2,1-2H3,(H,67,72)/b35-33+,43-41+. The highest BCUT2D eigenvalue weighted by Crippen LogP contribution is 2.33. The number of hydrogen-bond donors (Lipinski definition) is 12. The highest BCUT2D eigenvalue weighted by molar-refractivity contribution is 5.76. The number of carbonyl (C=O) groups excluding carboxylic acids is 1. The van der Waals surface area contributed by atoms with E-state index in [1.165, 1.54) is 186 Å². The van der Waals surface area contributed by atoms with Crippen LogP contribution in [0.3, 0.4) is 0 Å². The fourth-order valence-corrected chi connectivity index (χ4v) is 11.7. The third-order valence-corrected chi connectivity index (χ3v) is 17.3. The van der Waals surface area contributed by atoms with E-state index in [1.54, 1.807) is 6.08 Å². The summed E-state index contributed by atoms with van der Waals surface area (Å²) in [6.07, 6.45) is 27.3. The van der Waals surface area contributed by atoms with E-state index in [-0.39, 0.29) is 18.9 Å². The summed E-state index contributed by atoms with van der Waals surface area (Å²) in [5.41, 5.74) is 0. The molecule has 0 aliphatic carbocycles. The maximum Gasteiger partial charge on any atom is 0.220 e. The summed E-state index contributed by atoms with van der Waals surface area (Å²) in [5, 5.41) is 120. The monoisotopic (exact) mass is 1220 g/mol. The van der Waals surface area contributed by atoms with Crippen LogP contribution < -0.4 is 5.32 Å². The number of rotatable bonds is 52. The van der Waals surface area contributed by atoms with Crippen molar-refractivity contribution in [3.05, 3.63) is 24.3 Å². The molecule has 0 radical (unpaired) electrons. The second kappa shape index (κ2) is 49.0. The largest absolute Gasteiger partial charge is 0.394 e. The fraction of sp³-hybridized carbons (Fsp3) is 0.924. The van der Waals surface area contributed by atoms with Crippen molar-refractivity contribution in [1.82, 2.24) is 5.32 Å². The Morgan fingerprint density at radius 1 is 0.412 bits per heavy atom. The Hall–Kier alpha value is -1.73. The Bertz CT molecular complexity index is 1640. The second-order valence-corrected chi connectivity index (χ2v) is 24.6. The molecule has 17 atom stereocenters. The molecule has 0 aromatic heterocycles. The van der Waals surface area contributed by atoms with Gasteiger partial charge in [0.2, 0.25) is 5.91 Å². The van der Waals surface area contributed by atoms with Crippen LogP contribution in [0.2, 0.25) is 0 Å². The van der Waals surface area contributed by atoms with Gasteiger partial charge in [-0.25, -0.2) is 0 Å². The van der Waals surface area contributed by atoms with Gasteiger partial charge in [0.15, 0.2) is 18.9 Å². The zero-order valence-corrected chi connectivity index (χ0v) is 52.6. The molecule has 3 aliphatic heterocycles. The van der Waals surface area contributed by atoms with E-state index < -0.39 is 124 Å². The molecule has 3 aliphatic rings. The predicted molar refractivity (Wildman–Crippen MR) is 328 cm³/mol. The van der Waals surface area contributed by atoms with Gasteiger partial charge in [-0.1, -0.05) is 244 Å². The highest BCUT2D eigenvalue weighted by atomic mass is 16.8. The first-order valence-electron chi connectivity index (χ1n) is 34.1. The topological polar surface area (TPSA) is 307 Å². The number of amides is 1. The third-order valence-electron chi connectivity index (χ3n) is 17.3. The summed E-state index contributed by atoms with van der Waals surface area (Å²) in [4.78, 5) is 13.4. The van der Waals surface area contributed by atoms with Crippen molar-refractivity contribution in [2.75, 3.05) is 26.4 Å². The average Bonchev–Trinajstić information content (AvgIpc) is 3.49. The number of allylic oxidation sites excluding steroid dienone is 3. The zero-order chi connectivity index (χ0) is 61.9. The normalized spacial score (nSPS) is 29.1. The lowest BCUT2D eigenvalue weighted by Gasteiger charge is -2.48. The van der Waals surface area contributed by atoms with Gasteiger partial charge in [-0.15, -0.1) is 0 Å². The van der Waals surface area contributed by atoms with Crippen LogP contribution in [0.4, 0.5) is 0 Å². The first-order chi connectivity index (χ1) is 41.3. The minimum absolute atomic E-state index is 0.241. The average molecular weight is 1220 g/mol. The first kappa shape index (κ1) is 77.5. The van der Waals surface area contributed by atoms with Gasteiger partial charge in [-0.2, -0.15) is 0 Å². The molecule has 0 bridgehead atoms. The first-order valence-corrected chi connectivity index (χ1v) is 34.1. The molecule has 19 heteroatoms. The van der Waals surface area contributed by atoms with Crippen molar-refractivity contribution in [1.29, 1.82) is 0 Å². The Kier molecular flexibility index (Phi) is 44.7. The molecule has 0 aromatic carbocycles. The van der Waals surface area contributed by atoms with Crippen molar-refractivity contribution in [2.45, 2.75) is 362 Å². The summed E-state index contributed by atoms with van der Waals surface area (Å²) in [6, 6.07) is -0.986. The van der Waals surface area contributed by atoms with Gasteiger partial charge in [-0.05, 0) is 32.1 Å². The minimum atomic E-state index is -1.98. The van der Waals surface area contributed by atoms with Crippen LogP contribution in [0.1, 0.15) is 258 Å². The van der Waals surface area contributed by atoms with E-state index in [9.17, 15) is 61.0 Å². The Morgan fingerprint density at radius 2 is 0.753 bits per heavy atom. The molecule has 0 spiro atoms. The minimum Gasteiger partial charge on any atom is -0.394 e. The van der Waals surface area contributed by atoms with Crippen LogP contribution in [0, 0.1) is 0 Å². The van der Waals surface area contributed by atoms with Gasteiger partial charge in [0, 0.05) is 6.42 Å². The van der Waals surface area contributed by atoms with Crippen LogP contribution in [-0.2, 0) is 33.2 Å². The lowest BCUT2D eigenvalue weighted by atomic mass is 9.96. The maximum absolute atomic E-state index is 13.4. The number of hydrogen-bond acceptors (Lipinski definition) is 18. The van der Waals surface area contributed by atoms with E-state index in [2.05, 4.69) is 31.3 Å². The van der Waals surface area contributed by atoms with Gasteiger partial charge in [-0.3, -0.25) is 4.79 Å². The number of aliphatic hydroxyl groups excluding tert-OH is 11. The molecular formula is C66H123NO18. The Labute approximate surface area is 511 Å². The zero-order valence-electron chi connectivity index (χ0n) is 52.6. The Morgan fingerprint density at radius 3 is 1.18 bits per heavy atom. The quantitative estimate of drug-likeness (QED) is 0.0201. The molecular weight excluding hydrogens is 1090 g/mol. The number of nitrogens with one attached hydrogen (secondary N) is 1. The molecule has 500 valence electrons. The van der Waals surface area contributed by atoms with Crippen LogP contribution in [0.5, 0.6) is 0 Å². The number of ether oxygens (including phenoxy) is 6. The van der Waals surface area contributed by atoms with E-state index in [0.29, 0.717) is 12.8 Å². The van der Waals surface area contributed by atoms with Crippen molar-refractivity contribution in [2.24, 2.45) is 0 Å². The molecule has 3 rings (SSSR count). The number of unbranched alkanes of at least 4 members (excludes halogenated alkanes) is 34. The van der Waals surface area contributed by atoms with Crippen LogP contribution in [0.25, 0.3) is 0 Å². The van der Waals surface area contributed by atoms with Gasteiger partial charge < -0.3 is 89.9 Å². The molecule has 1 amide bonds. The summed E-state index contributed by atoms with van der Waals surface area (Å²) >= 11 is 0. The lowest BCUT2D eigenvalue weighted by Crippen LogP contribution is -2.66. The van der Waals surface area contributed by atoms with Crippen molar-refractivity contribution < 1.29 is 89.4 Å². The van der Waals surface area contributed by atoms with Crippen LogP contribution in [-0.4, -0.2) is 193 Å². The molecule has 3 saturated heterocycles. The van der Waals surface area contributed by atoms with Crippen LogP contribution in [0.15, 0.2) is 24.3 Å². The van der Waals surface area contributed by atoms with E-state index in [4.69, 9.17) is 28.4 Å². The third kappa shape index (κ3) is 31.7. The summed E-state index contributed by atoms with van der Waals surface area (Å²) in [7, 11) is 0. The highest BCUT2D eigenvalue weighted by Gasteiger charge is 2.53. The van der Waals surface area contributed by atoms with E-state index in [1.807, 2.05) is 6.08 Å². The van der Waals surface area contributed by atoms with Gasteiger partial charge in [0.25, 0.3) is 0 Å². The molecule has 3 heterocycles. The molecule has 85 heavy (non-hydrogen) atoms. The molecule has 3 fully saturated rings. The lowest BCUT2D eigenvalue weighted by molar-refractivity contribution is -0.379. The summed E-state index contributed by atoms with van der Waals surface area (Å²) in [6.45, 7) is 1.73. The molecule has 19 nitrogen and oxygen atoms in total. The Balaban J connectivity index is 1.44. The van der Waals surface area contributed by atoms with Crippen molar-refractivity contribution in [3.8, 4) is 0 Å². The second-order valence-electron chi connectivity index (χ2n) is 24.6. The fourth-order valence-electron chi connectivity index (χ4n) is 11.7. The van der Waals surface area contributed by atoms with Crippen molar-refractivity contribution >= 4 is 5.91 Å². The summed E-state index contributed by atoms with van der Waals surface area (Å²) in [5.74, 6) is -0.281. The molecule has 0 aromatic rings. The smallest absolute Gasteiger partial charge is 0.220 e. The number of aliphatic hydroxyl groups is 11. The molecule has 12 N–H and O–H groups in total. The van der Waals surface area contributed by atoms with Gasteiger partial charge in [0.05, 0.1) is 38.6 Å². The van der Waals surface area contributed by atoms with E-state index >= 15 is 0 Å². The van der Waals surface area contributed by atoms with Crippen molar-refractivity contribution in [3.63, 3.8) is 0 Å². The SMILES string of the molecule is CCCCCCCCCCCC/C=C/CC/C=C/C(O)C(COC1OC(CO)C(OC2OC(CO)C(OC3OC(CO)C(O)C(O)C3O)C(O)C2O)C(O)C1O)NC(=O)CCCCCCCCCCCCCCCCCCCCCCCCCC. The van der Waals surface area contributed by atoms with Crippen LogP contribution >= 0.6 is 0 Å². The molecule has 0 saturated carbocycles. The number of carbonyl (C=O) groups is 1. The maximum atomic E-state index is 13.4. The predicted octanol–water partition coefficient (Wildman–Crippen LogP) is 8.27. The summed E-state index contributed by atoms with van der Waals surface area (Å²) < 4.78 is 34.3. The van der Waals surface area contributed by atoms with E-state index in [0.717, 1.165) is 38.5 Å². The molecule has 17 unspecified atom stereocenters. The van der Waals surface area contributed by atoms with Gasteiger partial charge in [0.1, 0.15) is 73.2 Å². The van der Waals surface area contributed by atoms with Gasteiger partial charge >= 0.3 is 0 Å².